The van der Waals surface area contributed by atoms with E-state index in [0.717, 1.165) is 30.3 Å². The van der Waals surface area contributed by atoms with Crippen LogP contribution in [0.2, 0.25) is 5.28 Å². The number of halogens is 1. The van der Waals surface area contributed by atoms with Gasteiger partial charge in [0, 0.05) is 17.8 Å². The molecule has 0 aliphatic rings. The van der Waals surface area contributed by atoms with Crippen molar-refractivity contribution in [3.8, 4) is 5.75 Å². The number of carbonyl (C=O) groups is 1. The average molecular weight is 956 g/mol. The van der Waals surface area contributed by atoms with Crippen molar-refractivity contribution in [2.24, 2.45) is 20.5 Å². The van der Waals surface area contributed by atoms with Gasteiger partial charge in [-0.15, -0.1) is 5.11 Å². The van der Waals surface area contributed by atoms with Gasteiger partial charge in [0.05, 0.1) is 38.3 Å². The van der Waals surface area contributed by atoms with E-state index in [4.69, 9.17) is 16.2 Å². The van der Waals surface area contributed by atoms with Gasteiger partial charge >= 0.3 is 16.4 Å². The van der Waals surface area contributed by atoms with Crippen LogP contribution < -0.4 is 10.2 Å². The Morgan fingerprint density at radius 2 is 1.39 bits per heavy atom. The monoisotopic (exact) mass is 955 g/mol. The van der Waals surface area contributed by atoms with Crippen LogP contribution in [0.5, 0.6) is 5.75 Å². The number of carboxylic acid groups (broad SMARTS) is 1. The van der Waals surface area contributed by atoms with Gasteiger partial charge < -0.3 is 20.4 Å². The maximum Gasteiger partial charge on any atom is 0.397 e. The molecule has 62 heavy (non-hydrogen) atoms. The van der Waals surface area contributed by atoms with Gasteiger partial charge in [0.1, 0.15) is 11.4 Å². The van der Waals surface area contributed by atoms with Gasteiger partial charge in [-0.3, -0.25) is 13.7 Å². The predicted octanol–water partition coefficient (Wildman–Crippen LogP) is 5.48. The van der Waals surface area contributed by atoms with Crippen LogP contribution in [-0.4, -0.2) is 97.4 Å². The Labute approximate surface area is 357 Å². The second-order valence-corrected chi connectivity index (χ2v) is 18.5. The smallest absolute Gasteiger partial charge is 0.397 e. The molecule has 5 aromatic rings. The molecule has 0 amide bonds. The zero-order valence-electron chi connectivity index (χ0n) is 31.2. The highest BCUT2D eigenvalue weighted by atomic mass is 35.5. The lowest BCUT2D eigenvalue weighted by atomic mass is 10.2. The van der Waals surface area contributed by atoms with Crippen molar-refractivity contribution in [3.05, 3.63) is 101 Å². The molecule has 6 N–H and O–H groups in total. The minimum absolute atomic E-state index is 0.137. The summed E-state index contributed by atoms with van der Waals surface area (Å²) in [6.45, 7) is 0.975. The zero-order chi connectivity index (χ0) is 45.6. The molecule has 0 bridgehead atoms. The Hall–Kier alpha value is -6.11. The fraction of sp³-hybridized carbons (Fsp3) is 0.152. The van der Waals surface area contributed by atoms with Gasteiger partial charge in [0.2, 0.25) is 23.3 Å². The molecule has 0 saturated carbocycles. The Morgan fingerprint density at radius 3 is 1.97 bits per heavy atom. The number of carboxylic acids is 1. The Kier molecular flexibility index (Phi) is 14.3. The van der Waals surface area contributed by atoms with E-state index in [1.54, 1.807) is 25.1 Å². The van der Waals surface area contributed by atoms with Crippen molar-refractivity contribution in [1.82, 2.24) is 15.0 Å². The molecule has 1 aromatic heterocycles. The maximum atomic E-state index is 12.7. The van der Waals surface area contributed by atoms with Crippen molar-refractivity contribution in [2.45, 2.75) is 27.8 Å². The molecule has 5 rings (SSSR count). The first kappa shape index (κ1) is 46.9. The molecule has 0 saturated heterocycles. The van der Waals surface area contributed by atoms with Crippen LogP contribution in [0, 0.1) is 0 Å². The summed E-state index contributed by atoms with van der Waals surface area (Å²) >= 11 is 6.21. The van der Waals surface area contributed by atoms with E-state index >= 15 is 0 Å². The number of azo groups is 2. The lowest BCUT2D eigenvalue weighted by Gasteiger charge is -2.22. The summed E-state index contributed by atoms with van der Waals surface area (Å²) in [7, 11) is -18.7. The molecule has 4 aromatic carbocycles. The van der Waals surface area contributed by atoms with E-state index in [1.165, 1.54) is 41.3 Å². The number of sulfone groups is 1. The SMILES string of the molecule is CCN(c1ccc(S(=O)(=O)CCOS(=O)(=O)O)cc1)c1nc(Cl)nc(Nc2cc(S(=O)(=O)O)cc(N=NC(N=Nc3cc(S(=O)(=O)O)ccc3C(=O)O)c3ccccc3)c2O)n1. The summed E-state index contributed by atoms with van der Waals surface area (Å²) in [5, 5.41) is 38.9. The van der Waals surface area contributed by atoms with E-state index in [-0.39, 0.29) is 28.9 Å². The highest BCUT2D eigenvalue weighted by Gasteiger charge is 2.23. The highest BCUT2D eigenvalue weighted by Crippen LogP contribution is 2.40. The number of phenolic OH excluding ortho intramolecular Hbond substituents is 1. The Morgan fingerprint density at radius 1 is 0.790 bits per heavy atom. The lowest BCUT2D eigenvalue weighted by Crippen LogP contribution is -2.20. The number of rotatable bonds is 18. The van der Waals surface area contributed by atoms with Crippen molar-refractivity contribution in [3.63, 3.8) is 0 Å². The number of aromatic nitrogens is 3. The summed E-state index contributed by atoms with van der Waals surface area (Å²) in [6.07, 6.45) is -1.46. The number of aromatic hydroxyl groups is 1. The maximum absolute atomic E-state index is 12.7. The molecule has 0 spiro atoms. The molecule has 1 atom stereocenters. The normalized spacial score (nSPS) is 13.0. The number of benzene rings is 4. The third-order valence-corrected chi connectivity index (χ3v) is 12.0. The number of nitrogens with one attached hydrogen (secondary N) is 1. The first-order chi connectivity index (χ1) is 28.9. The van der Waals surface area contributed by atoms with E-state index in [1.807, 2.05) is 0 Å². The van der Waals surface area contributed by atoms with E-state index in [0.29, 0.717) is 5.69 Å². The van der Waals surface area contributed by atoms with Crippen LogP contribution in [0.25, 0.3) is 0 Å². The van der Waals surface area contributed by atoms with Crippen LogP contribution in [0.3, 0.4) is 0 Å². The van der Waals surface area contributed by atoms with Crippen LogP contribution in [-0.2, 0) is 44.7 Å². The molecule has 1 heterocycles. The summed E-state index contributed by atoms with van der Waals surface area (Å²) < 4.78 is 127. The number of anilines is 4. The minimum Gasteiger partial charge on any atom is -0.504 e. The topological polar surface area (TPSA) is 367 Å². The summed E-state index contributed by atoms with van der Waals surface area (Å²) in [5.74, 6) is -3.61. The summed E-state index contributed by atoms with van der Waals surface area (Å²) in [6, 6.07) is 16.9. The molecule has 0 fully saturated rings. The van der Waals surface area contributed by atoms with E-state index < -0.39 is 108 Å². The van der Waals surface area contributed by atoms with Gasteiger partial charge in [0.25, 0.3) is 20.2 Å². The number of aromatic carboxylic acids is 1. The number of nitrogens with zero attached hydrogens (tertiary/aromatic N) is 8. The molecular formula is C33H30ClN9O15S4. The average Bonchev–Trinajstić information content (AvgIpc) is 3.18. The molecule has 1 unspecified atom stereocenters. The molecular weight excluding hydrogens is 926 g/mol. The predicted molar refractivity (Wildman–Crippen MR) is 216 cm³/mol. The fourth-order valence-electron chi connectivity index (χ4n) is 5.14. The van der Waals surface area contributed by atoms with E-state index in [9.17, 15) is 57.8 Å². The summed E-state index contributed by atoms with van der Waals surface area (Å²) in [4.78, 5) is 23.9. The number of hydrogen-bond acceptors (Lipinski definition) is 20. The molecule has 0 radical (unpaired) electrons. The molecule has 24 nitrogen and oxygen atoms in total. The standard InChI is InChI=1S/C33H30ClN9O15S4/c1-2-43(20-8-10-21(11-9-20)59(47,48)15-14-58-62(55,56)57)33-37-31(34)36-32(38-33)35-26-17-23(61(52,53)54)18-27(28(26)44)40-42-29(19-6-4-3-5-7-19)41-39-25-16-22(60(49,50)51)12-13-24(25)30(45)46/h3-13,16-18,29,44H,2,14-15H2,1H3,(H,45,46)(H,49,50,51)(H,52,53,54)(H,55,56,57)(H,35,36,37,38). The second-order valence-electron chi connectivity index (χ2n) is 12.1. The van der Waals surface area contributed by atoms with Gasteiger partial charge in [-0.25, -0.2) is 17.4 Å². The zero-order valence-corrected chi connectivity index (χ0v) is 35.2. The van der Waals surface area contributed by atoms with E-state index in [2.05, 4.69) is 44.9 Å². The van der Waals surface area contributed by atoms with Crippen molar-refractivity contribution < 1.29 is 66.5 Å². The molecule has 0 aliphatic carbocycles. The lowest BCUT2D eigenvalue weighted by molar-refractivity contribution is 0.0697. The van der Waals surface area contributed by atoms with Crippen LogP contribution in [0.1, 0.15) is 29.0 Å². The second kappa shape index (κ2) is 18.9. The molecule has 29 heteroatoms. The van der Waals surface area contributed by atoms with Gasteiger partial charge in [0.15, 0.2) is 15.6 Å². The quantitative estimate of drug-likeness (QED) is 0.0359. The third-order valence-electron chi connectivity index (χ3n) is 8.00. The minimum atomic E-state index is -5.01. The van der Waals surface area contributed by atoms with Crippen molar-refractivity contribution in [2.75, 3.05) is 29.1 Å². The summed E-state index contributed by atoms with van der Waals surface area (Å²) in [5.41, 5.74) is -1.48. The van der Waals surface area contributed by atoms with Gasteiger partial charge in [-0.2, -0.15) is 55.5 Å². The van der Waals surface area contributed by atoms with Crippen molar-refractivity contribution in [1.29, 1.82) is 0 Å². The fourth-order valence-corrected chi connectivity index (χ4v) is 7.81. The largest absolute Gasteiger partial charge is 0.504 e. The third kappa shape index (κ3) is 12.3. The van der Waals surface area contributed by atoms with Gasteiger partial charge in [-0.1, -0.05) is 30.3 Å². The highest BCUT2D eigenvalue weighted by molar-refractivity contribution is 7.91. The van der Waals surface area contributed by atoms with Crippen LogP contribution in [0.4, 0.5) is 34.6 Å². The molecule has 0 aliphatic heterocycles. The first-order valence-electron chi connectivity index (χ1n) is 16.9. The first-order valence-corrected chi connectivity index (χ1v) is 23.2. The van der Waals surface area contributed by atoms with Gasteiger partial charge in [-0.05, 0) is 73.1 Å². The number of hydrogen-bond donors (Lipinski definition) is 6. The molecule has 328 valence electrons. The number of phenols is 1. The Balaban J connectivity index is 1.50. The Bertz CT molecular complexity index is 3020. The van der Waals surface area contributed by atoms with Crippen LogP contribution in [0.15, 0.2) is 120 Å². The van der Waals surface area contributed by atoms with Crippen molar-refractivity contribution >= 4 is 92.7 Å². The van der Waals surface area contributed by atoms with Crippen LogP contribution >= 0.6 is 11.6 Å².